The van der Waals surface area contributed by atoms with E-state index in [-0.39, 0.29) is 12.3 Å². The van der Waals surface area contributed by atoms with Crippen LogP contribution in [0, 0.1) is 3.57 Å². The van der Waals surface area contributed by atoms with E-state index < -0.39 is 5.97 Å². The number of carbonyl (C=O) groups excluding carboxylic acids is 1. The first-order valence-electron chi connectivity index (χ1n) is 6.43. The van der Waals surface area contributed by atoms with Crippen molar-refractivity contribution >= 4 is 40.2 Å². The number of carboxylic acid groups (broad SMARTS) is 1. The lowest BCUT2D eigenvalue weighted by atomic mass is 10.1. The fourth-order valence-electron chi connectivity index (χ4n) is 1.94. The zero-order chi connectivity index (χ0) is 15.2. The van der Waals surface area contributed by atoms with E-state index in [2.05, 4.69) is 27.9 Å². The molecule has 21 heavy (non-hydrogen) atoms. The Morgan fingerprint density at radius 3 is 2.43 bits per heavy atom. The minimum absolute atomic E-state index is 0.0375. The fraction of sp³-hybridized carbons (Fsp3) is 0.125. The molecule has 0 aliphatic heterocycles. The summed E-state index contributed by atoms with van der Waals surface area (Å²) in [6, 6.07) is 14.6. The maximum absolute atomic E-state index is 12.3. The highest BCUT2D eigenvalue weighted by Gasteiger charge is 2.12. The fourth-order valence-corrected chi connectivity index (χ4v) is 2.57. The van der Waals surface area contributed by atoms with Crippen molar-refractivity contribution in [3.63, 3.8) is 0 Å². The molecule has 2 N–H and O–H groups in total. The molecular formula is C16H14INO3. The number of anilines is 1. The lowest BCUT2D eigenvalue weighted by Gasteiger charge is -2.11. The van der Waals surface area contributed by atoms with Gasteiger partial charge in [0, 0.05) is 15.7 Å². The lowest BCUT2D eigenvalue weighted by molar-refractivity contribution is -0.136. The topological polar surface area (TPSA) is 66.4 Å². The number of carboxylic acids is 1. The summed E-state index contributed by atoms with van der Waals surface area (Å²) in [5.41, 5.74) is 2.08. The smallest absolute Gasteiger partial charge is 0.303 e. The van der Waals surface area contributed by atoms with Gasteiger partial charge in [-0.1, -0.05) is 30.3 Å². The first kappa shape index (κ1) is 15.5. The maximum atomic E-state index is 12.3. The molecular weight excluding hydrogens is 381 g/mol. The van der Waals surface area contributed by atoms with Gasteiger partial charge >= 0.3 is 5.97 Å². The van der Waals surface area contributed by atoms with Crippen LogP contribution in [0.5, 0.6) is 0 Å². The Bertz CT molecular complexity index is 670. The molecule has 0 saturated heterocycles. The molecule has 0 saturated carbocycles. The van der Waals surface area contributed by atoms with Gasteiger partial charge in [-0.3, -0.25) is 9.59 Å². The molecule has 108 valence electrons. The number of aliphatic carboxylic acids is 1. The number of amides is 1. The molecule has 2 rings (SSSR count). The molecule has 0 bridgehead atoms. The minimum atomic E-state index is -0.853. The van der Waals surface area contributed by atoms with Crippen molar-refractivity contribution in [1.82, 2.24) is 0 Å². The third-order valence-corrected chi connectivity index (χ3v) is 3.93. The number of hydrogen-bond donors (Lipinski definition) is 2. The summed E-state index contributed by atoms with van der Waals surface area (Å²) in [7, 11) is 0. The van der Waals surface area contributed by atoms with E-state index in [0.717, 1.165) is 9.13 Å². The van der Waals surface area contributed by atoms with Gasteiger partial charge in [0.1, 0.15) is 0 Å². The molecule has 0 aromatic heterocycles. The highest BCUT2D eigenvalue weighted by Crippen LogP contribution is 2.19. The van der Waals surface area contributed by atoms with Crippen LogP contribution in [-0.4, -0.2) is 17.0 Å². The number of aryl methyl sites for hydroxylation is 1. The van der Waals surface area contributed by atoms with Gasteiger partial charge in [0.25, 0.3) is 5.91 Å². The molecule has 2 aromatic carbocycles. The van der Waals surface area contributed by atoms with Crippen LogP contribution in [0.25, 0.3) is 0 Å². The summed E-state index contributed by atoms with van der Waals surface area (Å²) in [5.74, 6) is -1.04. The second-order valence-electron chi connectivity index (χ2n) is 4.48. The zero-order valence-corrected chi connectivity index (χ0v) is 13.3. The molecule has 5 heteroatoms. The van der Waals surface area contributed by atoms with E-state index in [1.807, 2.05) is 36.4 Å². The van der Waals surface area contributed by atoms with Crippen LogP contribution in [0.1, 0.15) is 22.3 Å². The molecule has 4 nitrogen and oxygen atoms in total. The Balaban J connectivity index is 2.18. The Hall–Kier alpha value is -1.89. The lowest BCUT2D eigenvalue weighted by Crippen LogP contribution is -2.14. The van der Waals surface area contributed by atoms with Crippen LogP contribution in [0.2, 0.25) is 0 Å². The summed E-state index contributed by atoms with van der Waals surface area (Å²) < 4.78 is 0.871. The summed E-state index contributed by atoms with van der Waals surface area (Å²) in [5, 5.41) is 11.6. The average molecular weight is 395 g/mol. The highest BCUT2D eigenvalue weighted by atomic mass is 127. The zero-order valence-electron chi connectivity index (χ0n) is 11.2. The van der Waals surface area contributed by atoms with Crippen molar-refractivity contribution in [2.24, 2.45) is 0 Å². The van der Waals surface area contributed by atoms with E-state index in [0.29, 0.717) is 17.7 Å². The van der Waals surface area contributed by atoms with Crippen molar-refractivity contribution < 1.29 is 14.7 Å². The van der Waals surface area contributed by atoms with Gasteiger partial charge in [0.05, 0.1) is 5.56 Å². The normalized spacial score (nSPS) is 10.1. The van der Waals surface area contributed by atoms with Gasteiger partial charge in [0.15, 0.2) is 0 Å². The van der Waals surface area contributed by atoms with Crippen molar-refractivity contribution in [1.29, 1.82) is 0 Å². The van der Waals surface area contributed by atoms with Gasteiger partial charge < -0.3 is 10.4 Å². The molecule has 0 aliphatic rings. The summed E-state index contributed by atoms with van der Waals surface area (Å²) in [6.07, 6.45) is 0.424. The van der Waals surface area contributed by atoms with E-state index in [9.17, 15) is 9.59 Å². The maximum Gasteiger partial charge on any atom is 0.303 e. The molecule has 0 aliphatic carbocycles. The van der Waals surface area contributed by atoms with Crippen LogP contribution >= 0.6 is 22.6 Å². The number of halogens is 1. The predicted octanol–water partition coefficient (Wildman–Crippen LogP) is 3.56. The molecule has 0 atom stereocenters. The van der Waals surface area contributed by atoms with E-state index in [4.69, 9.17) is 5.11 Å². The van der Waals surface area contributed by atoms with Gasteiger partial charge in [-0.25, -0.2) is 0 Å². The van der Waals surface area contributed by atoms with Crippen molar-refractivity contribution in [3.05, 3.63) is 63.2 Å². The number of nitrogens with one attached hydrogen (secondary N) is 1. The number of para-hydroxylation sites is 1. The number of benzene rings is 2. The predicted molar refractivity (Wildman–Crippen MR) is 89.5 cm³/mol. The Morgan fingerprint density at radius 2 is 1.71 bits per heavy atom. The first-order chi connectivity index (χ1) is 10.1. The second-order valence-corrected chi connectivity index (χ2v) is 5.65. The third kappa shape index (κ3) is 4.29. The van der Waals surface area contributed by atoms with Crippen LogP contribution < -0.4 is 5.32 Å². The van der Waals surface area contributed by atoms with Crippen LogP contribution in [0.3, 0.4) is 0 Å². The van der Waals surface area contributed by atoms with Gasteiger partial charge in [-0.05, 0) is 52.8 Å². The van der Waals surface area contributed by atoms with E-state index in [1.54, 1.807) is 12.1 Å². The van der Waals surface area contributed by atoms with E-state index >= 15 is 0 Å². The summed E-state index contributed by atoms with van der Waals surface area (Å²) >= 11 is 2.11. The number of hydrogen-bond acceptors (Lipinski definition) is 2. The molecule has 0 spiro atoms. The quantitative estimate of drug-likeness (QED) is 0.761. The summed E-state index contributed by atoms with van der Waals surface area (Å²) in [6.45, 7) is 0. The van der Waals surface area contributed by atoms with Crippen LogP contribution in [-0.2, 0) is 11.2 Å². The third-order valence-electron chi connectivity index (χ3n) is 2.99. The highest BCUT2D eigenvalue weighted by molar-refractivity contribution is 14.1. The van der Waals surface area contributed by atoms with E-state index in [1.165, 1.54) is 0 Å². The van der Waals surface area contributed by atoms with Gasteiger partial charge in [-0.2, -0.15) is 0 Å². The average Bonchev–Trinajstić information content (AvgIpc) is 2.46. The van der Waals surface area contributed by atoms with Crippen LogP contribution in [0.4, 0.5) is 5.69 Å². The van der Waals surface area contributed by atoms with Crippen LogP contribution in [0.15, 0.2) is 48.5 Å². The second kappa shape index (κ2) is 7.21. The first-order valence-corrected chi connectivity index (χ1v) is 7.51. The van der Waals surface area contributed by atoms with Gasteiger partial charge in [0.2, 0.25) is 0 Å². The standard InChI is InChI=1S/C16H14INO3/c17-13-7-3-2-6-12(13)16(21)18-14-8-4-1-5-11(14)9-10-15(19)20/h1-8H,9-10H2,(H,18,21)(H,19,20). The SMILES string of the molecule is O=C(O)CCc1ccccc1NC(=O)c1ccccc1I. The Kier molecular flexibility index (Phi) is 5.32. The molecule has 0 unspecified atom stereocenters. The minimum Gasteiger partial charge on any atom is -0.481 e. The molecule has 0 heterocycles. The molecule has 1 amide bonds. The van der Waals surface area contributed by atoms with Crippen molar-refractivity contribution in [3.8, 4) is 0 Å². The monoisotopic (exact) mass is 395 g/mol. The number of rotatable bonds is 5. The largest absolute Gasteiger partial charge is 0.481 e. The Labute approximate surface area is 136 Å². The molecule has 0 radical (unpaired) electrons. The van der Waals surface area contributed by atoms with Crippen molar-refractivity contribution in [2.45, 2.75) is 12.8 Å². The van der Waals surface area contributed by atoms with Gasteiger partial charge in [-0.15, -0.1) is 0 Å². The molecule has 2 aromatic rings. The summed E-state index contributed by atoms with van der Waals surface area (Å²) in [4.78, 5) is 23.0. The number of carbonyl (C=O) groups is 2. The Morgan fingerprint density at radius 1 is 1.05 bits per heavy atom. The van der Waals surface area contributed by atoms with Crippen molar-refractivity contribution in [2.75, 3.05) is 5.32 Å². The molecule has 0 fully saturated rings.